The first kappa shape index (κ1) is 20.8. The molecule has 2 aromatic carbocycles. The molecule has 8 nitrogen and oxygen atoms in total. The summed E-state index contributed by atoms with van der Waals surface area (Å²) in [7, 11) is 3.01. The van der Waals surface area contributed by atoms with Gasteiger partial charge in [-0.2, -0.15) is 0 Å². The summed E-state index contributed by atoms with van der Waals surface area (Å²) in [5.74, 6) is -0.574. The predicted octanol–water partition coefficient (Wildman–Crippen LogP) is 2.00. The van der Waals surface area contributed by atoms with E-state index in [1.54, 1.807) is 48.5 Å². The minimum Gasteiger partial charge on any atom is -0.497 e. The second-order valence-electron chi connectivity index (χ2n) is 5.77. The lowest BCUT2D eigenvalue weighted by Crippen LogP contribution is -2.35. The molecule has 0 heterocycles. The highest BCUT2D eigenvalue weighted by Crippen LogP contribution is 2.17. The van der Waals surface area contributed by atoms with E-state index in [2.05, 4.69) is 10.6 Å². The normalized spacial score (nSPS) is 11.1. The van der Waals surface area contributed by atoms with Gasteiger partial charge in [0.05, 0.1) is 14.2 Å². The first-order valence-electron chi connectivity index (χ1n) is 8.49. The molecule has 2 N–H and O–H groups in total. The van der Waals surface area contributed by atoms with Crippen LogP contribution in [0.2, 0.25) is 0 Å². The van der Waals surface area contributed by atoms with E-state index in [4.69, 9.17) is 14.2 Å². The molecule has 2 rings (SSSR count). The third kappa shape index (κ3) is 6.01. The maximum absolute atomic E-state index is 12.1. The number of carbonyl (C=O) groups excluding carboxylic acids is 3. The third-order valence-corrected chi connectivity index (χ3v) is 3.74. The number of anilines is 1. The van der Waals surface area contributed by atoms with Crippen molar-refractivity contribution in [1.82, 2.24) is 5.32 Å². The Morgan fingerprint density at radius 3 is 2.29 bits per heavy atom. The second kappa shape index (κ2) is 9.96. The van der Waals surface area contributed by atoms with Gasteiger partial charge in [0.2, 0.25) is 0 Å². The molecule has 0 aliphatic carbocycles. The molecule has 0 spiro atoms. The standard InChI is InChI=1S/C20H22N2O6/c1-13(19(24)22-15-7-5-9-17(11-15)27-3)28-18(23)12-21-20(25)14-6-4-8-16(10-14)26-2/h4-11,13H,12H2,1-3H3,(H,21,25)(H,22,24)/t13-/m0/s1. The Morgan fingerprint density at radius 2 is 1.61 bits per heavy atom. The predicted molar refractivity (Wildman–Crippen MR) is 103 cm³/mol. The molecule has 0 saturated heterocycles. The molecular weight excluding hydrogens is 364 g/mol. The van der Waals surface area contributed by atoms with Gasteiger partial charge in [-0.25, -0.2) is 0 Å². The zero-order valence-electron chi connectivity index (χ0n) is 15.9. The van der Waals surface area contributed by atoms with Crippen molar-refractivity contribution in [3.63, 3.8) is 0 Å². The number of carbonyl (C=O) groups is 3. The van der Waals surface area contributed by atoms with Gasteiger partial charge in [0.25, 0.3) is 11.8 Å². The summed E-state index contributed by atoms with van der Waals surface area (Å²) in [6, 6.07) is 13.3. The van der Waals surface area contributed by atoms with Crippen LogP contribution < -0.4 is 20.1 Å². The van der Waals surface area contributed by atoms with Crippen molar-refractivity contribution in [3.8, 4) is 11.5 Å². The Hall–Kier alpha value is -3.55. The van der Waals surface area contributed by atoms with E-state index in [1.165, 1.54) is 21.1 Å². The summed E-state index contributed by atoms with van der Waals surface area (Å²) in [6.07, 6.45) is -1.03. The van der Waals surface area contributed by atoms with Gasteiger partial charge < -0.3 is 24.8 Å². The van der Waals surface area contributed by atoms with E-state index in [9.17, 15) is 14.4 Å². The van der Waals surface area contributed by atoms with E-state index in [0.29, 0.717) is 22.7 Å². The number of hydrogen-bond acceptors (Lipinski definition) is 6. The van der Waals surface area contributed by atoms with Crippen molar-refractivity contribution in [1.29, 1.82) is 0 Å². The van der Waals surface area contributed by atoms with E-state index >= 15 is 0 Å². The molecule has 0 aliphatic rings. The second-order valence-corrected chi connectivity index (χ2v) is 5.77. The van der Waals surface area contributed by atoms with Gasteiger partial charge in [0, 0.05) is 17.3 Å². The van der Waals surface area contributed by atoms with E-state index in [-0.39, 0.29) is 6.54 Å². The Bertz CT molecular complexity index is 852. The first-order chi connectivity index (χ1) is 13.4. The lowest BCUT2D eigenvalue weighted by atomic mass is 10.2. The van der Waals surface area contributed by atoms with Crippen LogP contribution >= 0.6 is 0 Å². The maximum Gasteiger partial charge on any atom is 0.326 e. The molecule has 8 heteroatoms. The van der Waals surface area contributed by atoms with Crippen LogP contribution in [0.15, 0.2) is 48.5 Å². The Labute approximate surface area is 162 Å². The molecule has 28 heavy (non-hydrogen) atoms. The van der Waals surface area contributed by atoms with Gasteiger partial charge in [-0.3, -0.25) is 14.4 Å². The van der Waals surface area contributed by atoms with E-state index in [0.717, 1.165) is 0 Å². The number of ether oxygens (including phenoxy) is 3. The average Bonchev–Trinajstić information content (AvgIpc) is 2.72. The third-order valence-electron chi connectivity index (χ3n) is 3.74. The molecule has 148 valence electrons. The molecule has 0 aromatic heterocycles. The largest absolute Gasteiger partial charge is 0.497 e. The Balaban J connectivity index is 1.82. The number of nitrogens with one attached hydrogen (secondary N) is 2. The smallest absolute Gasteiger partial charge is 0.326 e. The van der Waals surface area contributed by atoms with Crippen LogP contribution in [0.5, 0.6) is 11.5 Å². The summed E-state index contributed by atoms with van der Waals surface area (Å²) in [4.78, 5) is 36.1. The molecule has 0 bridgehead atoms. The number of esters is 1. The van der Waals surface area contributed by atoms with Gasteiger partial charge in [0.15, 0.2) is 6.10 Å². The molecule has 2 amide bonds. The minimum atomic E-state index is -1.03. The Morgan fingerprint density at radius 1 is 0.964 bits per heavy atom. The summed E-state index contributed by atoms with van der Waals surface area (Å²) in [6.45, 7) is 1.07. The fourth-order valence-electron chi connectivity index (χ4n) is 2.26. The van der Waals surface area contributed by atoms with Crippen molar-refractivity contribution in [2.24, 2.45) is 0 Å². The molecular formula is C20H22N2O6. The quantitative estimate of drug-likeness (QED) is 0.673. The number of hydrogen-bond donors (Lipinski definition) is 2. The van der Waals surface area contributed by atoms with Gasteiger partial charge >= 0.3 is 5.97 Å². The number of benzene rings is 2. The summed E-state index contributed by atoms with van der Waals surface area (Å²) in [5.41, 5.74) is 0.856. The van der Waals surface area contributed by atoms with Gasteiger partial charge in [-0.15, -0.1) is 0 Å². The molecule has 0 unspecified atom stereocenters. The van der Waals surface area contributed by atoms with Gasteiger partial charge in [-0.1, -0.05) is 12.1 Å². The highest BCUT2D eigenvalue weighted by molar-refractivity contribution is 5.97. The van der Waals surface area contributed by atoms with Gasteiger partial charge in [0.1, 0.15) is 18.0 Å². The monoisotopic (exact) mass is 386 g/mol. The zero-order chi connectivity index (χ0) is 20.5. The lowest BCUT2D eigenvalue weighted by molar-refractivity contribution is -0.152. The van der Waals surface area contributed by atoms with Crippen molar-refractivity contribution in [2.45, 2.75) is 13.0 Å². The minimum absolute atomic E-state index is 0.343. The topological polar surface area (TPSA) is 103 Å². The fourth-order valence-corrected chi connectivity index (χ4v) is 2.26. The number of methoxy groups -OCH3 is 2. The van der Waals surface area contributed by atoms with Crippen LogP contribution in [0.1, 0.15) is 17.3 Å². The van der Waals surface area contributed by atoms with Crippen LogP contribution in [0, 0.1) is 0 Å². The van der Waals surface area contributed by atoms with Crippen LogP contribution in [0.4, 0.5) is 5.69 Å². The first-order valence-corrected chi connectivity index (χ1v) is 8.49. The number of amides is 2. The van der Waals surface area contributed by atoms with Crippen LogP contribution in [0.25, 0.3) is 0 Å². The molecule has 0 aliphatic heterocycles. The van der Waals surface area contributed by atoms with E-state index in [1.807, 2.05) is 0 Å². The summed E-state index contributed by atoms with van der Waals surface area (Å²) in [5, 5.41) is 5.07. The fraction of sp³-hybridized carbons (Fsp3) is 0.250. The average molecular weight is 386 g/mol. The van der Waals surface area contributed by atoms with Crippen molar-refractivity contribution in [2.75, 3.05) is 26.1 Å². The molecule has 0 radical (unpaired) electrons. The number of rotatable bonds is 8. The van der Waals surface area contributed by atoms with Gasteiger partial charge in [-0.05, 0) is 37.3 Å². The molecule has 2 aromatic rings. The maximum atomic E-state index is 12.1. The molecule has 0 fully saturated rings. The Kier molecular flexibility index (Phi) is 7.38. The highest BCUT2D eigenvalue weighted by Gasteiger charge is 2.19. The van der Waals surface area contributed by atoms with Crippen molar-refractivity contribution < 1.29 is 28.6 Å². The molecule has 0 saturated carbocycles. The van der Waals surface area contributed by atoms with Crippen LogP contribution in [-0.4, -0.2) is 44.7 Å². The van der Waals surface area contributed by atoms with Crippen molar-refractivity contribution in [3.05, 3.63) is 54.1 Å². The highest BCUT2D eigenvalue weighted by atomic mass is 16.5. The van der Waals surface area contributed by atoms with E-state index < -0.39 is 23.9 Å². The van der Waals surface area contributed by atoms with Crippen molar-refractivity contribution >= 4 is 23.5 Å². The molecule has 1 atom stereocenters. The summed E-state index contributed by atoms with van der Waals surface area (Å²) >= 11 is 0. The lowest BCUT2D eigenvalue weighted by Gasteiger charge is -2.14. The van der Waals surface area contributed by atoms with Crippen LogP contribution in [0.3, 0.4) is 0 Å². The zero-order valence-corrected chi connectivity index (χ0v) is 15.9. The summed E-state index contributed by atoms with van der Waals surface area (Å²) < 4.78 is 15.2. The SMILES string of the molecule is COc1cccc(NC(=O)[C@H](C)OC(=O)CNC(=O)c2cccc(OC)c2)c1. The van der Waals surface area contributed by atoms with Crippen LogP contribution in [-0.2, 0) is 14.3 Å².